The number of benzene rings is 1. The van der Waals surface area contributed by atoms with E-state index < -0.39 is 29.4 Å². The summed E-state index contributed by atoms with van der Waals surface area (Å²) in [5.74, 6) is -1.71. The summed E-state index contributed by atoms with van der Waals surface area (Å²) < 4.78 is 12.4. The molecule has 10 nitrogen and oxygen atoms in total. The number of amides is 2. The molecule has 4 rings (SSSR count). The SMILES string of the molecule is CC(=O)Oc1ccc2cc(-c3cc[n+](CCCCCC(=O)ON4C(=O)CCC4=O)cc3)c(=O)oc2c1. The first-order valence-corrected chi connectivity index (χ1v) is 11.6. The smallest absolute Gasteiger partial charge is 0.344 e. The quantitative estimate of drug-likeness (QED) is 0.111. The molecule has 0 unspecified atom stereocenters. The van der Waals surface area contributed by atoms with Crippen LogP contribution in [0.3, 0.4) is 0 Å². The molecule has 1 fully saturated rings. The van der Waals surface area contributed by atoms with Gasteiger partial charge in [-0.1, -0.05) is 0 Å². The van der Waals surface area contributed by atoms with Gasteiger partial charge in [0.2, 0.25) is 0 Å². The van der Waals surface area contributed by atoms with Crippen LogP contribution in [-0.2, 0) is 30.6 Å². The average molecular weight is 493 g/mol. The van der Waals surface area contributed by atoms with Gasteiger partial charge in [-0.05, 0) is 31.0 Å². The number of unbranched alkanes of at least 4 members (excludes halogenated alkanes) is 2. The molecular weight excluding hydrogens is 468 g/mol. The zero-order valence-corrected chi connectivity index (χ0v) is 19.7. The molecule has 0 radical (unpaired) electrons. The van der Waals surface area contributed by atoms with E-state index in [0.29, 0.717) is 45.9 Å². The van der Waals surface area contributed by atoms with E-state index in [2.05, 4.69) is 0 Å². The molecule has 0 N–H and O–H groups in total. The van der Waals surface area contributed by atoms with Crippen LogP contribution in [0.2, 0.25) is 0 Å². The summed E-state index contributed by atoms with van der Waals surface area (Å²) >= 11 is 0. The van der Waals surface area contributed by atoms with Gasteiger partial charge >= 0.3 is 17.6 Å². The Labute approximate surface area is 206 Å². The van der Waals surface area contributed by atoms with Gasteiger partial charge in [-0.2, -0.15) is 0 Å². The molecule has 1 saturated heterocycles. The molecule has 1 aromatic carbocycles. The van der Waals surface area contributed by atoms with E-state index in [9.17, 15) is 24.0 Å². The number of ether oxygens (including phenoxy) is 1. The highest BCUT2D eigenvalue weighted by Gasteiger charge is 2.32. The van der Waals surface area contributed by atoms with Crippen LogP contribution in [0, 0.1) is 0 Å². The minimum Gasteiger partial charge on any atom is -0.427 e. The third kappa shape index (κ3) is 6.01. The predicted molar refractivity (Wildman–Crippen MR) is 125 cm³/mol. The van der Waals surface area contributed by atoms with Crippen LogP contribution in [0.5, 0.6) is 5.75 Å². The van der Waals surface area contributed by atoms with Crippen molar-refractivity contribution in [3.05, 3.63) is 59.2 Å². The number of carbonyl (C=O) groups is 4. The van der Waals surface area contributed by atoms with Gasteiger partial charge in [-0.3, -0.25) is 14.4 Å². The number of rotatable bonds is 9. The minimum absolute atomic E-state index is 0.0758. The van der Waals surface area contributed by atoms with Crippen molar-refractivity contribution in [3.63, 3.8) is 0 Å². The number of hydrogen-bond donors (Lipinski definition) is 0. The van der Waals surface area contributed by atoms with Gasteiger partial charge in [-0.25, -0.2) is 14.2 Å². The summed E-state index contributed by atoms with van der Waals surface area (Å²) in [5, 5.41) is 1.27. The van der Waals surface area contributed by atoms with Crippen molar-refractivity contribution < 1.29 is 37.7 Å². The number of imide groups is 1. The summed E-state index contributed by atoms with van der Waals surface area (Å²) in [7, 11) is 0. The molecule has 0 bridgehead atoms. The number of esters is 1. The first kappa shape index (κ1) is 24.8. The minimum atomic E-state index is -0.590. The lowest BCUT2D eigenvalue weighted by atomic mass is 10.1. The maximum Gasteiger partial charge on any atom is 0.344 e. The number of aryl methyl sites for hydroxylation is 1. The molecule has 0 saturated carbocycles. The number of aromatic nitrogens is 1. The molecule has 2 amide bonds. The molecule has 3 aromatic rings. The molecule has 3 heterocycles. The molecular formula is C26H25N2O8+. The third-order valence-corrected chi connectivity index (χ3v) is 5.67. The zero-order valence-electron chi connectivity index (χ0n) is 19.7. The van der Waals surface area contributed by atoms with Gasteiger partial charge in [0.1, 0.15) is 17.9 Å². The highest BCUT2D eigenvalue weighted by atomic mass is 16.7. The van der Waals surface area contributed by atoms with Gasteiger partial charge in [0.05, 0.1) is 5.56 Å². The summed E-state index contributed by atoms with van der Waals surface area (Å²) in [5.41, 5.74) is 0.962. The van der Waals surface area contributed by atoms with E-state index in [1.165, 1.54) is 13.0 Å². The topological polar surface area (TPSA) is 124 Å². The molecule has 0 spiro atoms. The molecule has 1 aliphatic heterocycles. The standard InChI is InChI=1S/C26H25N2O8/c1-17(29)34-20-7-6-19-15-21(26(33)35-22(19)16-20)18-10-13-27(14-11-18)12-4-2-3-5-25(32)36-28-23(30)8-9-24(28)31/h6-7,10-11,13-16H,2-5,8-9,12H2,1H3/q+1. The second kappa shape index (κ2) is 10.9. The van der Waals surface area contributed by atoms with Crippen molar-refractivity contribution in [2.75, 3.05) is 0 Å². The Morgan fingerprint density at radius 3 is 2.39 bits per heavy atom. The summed E-state index contributed by atoms with van der Waals surface area (Å²) in [4.78, 5) is 63.3. The highest BCUT2D eigenvalue weighted by Crippen LogP contribution is 2.24. The Hall–Kier alpha value is -4.34. The van der Waals surface area contributed by atoms with Gasteiger partial charge in [0.15, 0.2) is 12.4 Å². The second-order valence-electron chi connectivity index (χ2n) is 8.42. The van der Waals surface area contributed by atoms with E-state index in [4.69, 9.17) is 14.0 Å². The van der Waals surface area contributed by atoms with Gasteiger partial charge in [-0.15, -0.1) is 5.06 Å². The number of nitrogens with zero attached hydrogens (tertiary/aromatic N) is 2. The molecule has 36 heavy (non-hydrogen) atoms. The van der Waals surface area contributed by atoms with E-state index in [0.717, 1.165) is 12.8 Å². The molecule has 1 aliphatic rings. The fourth-order valence-corrected chi connectivity index (χ4v) is 3.85. The van der Waals surface area contributed by atoms with Crippen molar-refractivity contribution in [1.29, 1.82) is 0 Å². The normalized spacial score (nSPS) is 13.3. The molecule has 2 aromatic heterocycles. The largest absolute Gasteiger partial charge is 0.427 e. The van der Waals surface area contributed by atoms with E-state index in [-0.39, 0.29) is 19.3 Å². The van der Waals surface area contributed by atoms with Crippen LogP contribution in [0.15, 0.2) is 58.0 Å². The van der Waals surface area contributed by atoms with Crippen molar-refractivity contribution in [3.8, 4) is 16.9 Å². The van der Waals surface area contributed by atoms with Crippen molar-refractivity contribution in [1.82, 2.24) is 5.06 Å². The van der Waals surface area contributed by atoms with Gasteiger partial charge in [0, 0.05) is 61.8 Å². The molecule has 10 heteroatoms. The Morgan fingerprint density at radius 2 is 1.69 bits per heavy atom. The number of pyridine rings is 1. The van der Waals surface area contributed by atoms with Crippen LogP contribution in [-0.4, -0.2) is 28.8 Å². The third-order valence-electron chi connectivity index (χ3n) is 5.67. The number of carbonyl (C=O) groups excluding carboxylic acids is 4. The number of hydroxylamine groups is 2. The van der Waals surface area contributed by atoms with Crippen molar-refractivity contribution >= 4 is 34.7 Å². The van der Waals surface area contributed by atoms with E-state index >= 15 is 0 Å². The average Bonchev–Trinajstić information content (AvgIpc) is 3.15. The molecule has 0 atom stereocenters. The van der Waals surface area contributed by atoms with Crippen LogP contribution in [0.1, 0.15) is 45.4 Å². The summed E-state index contributed by atoms with van der Waals surface area (Å²) in [6, 6.07) is 10.3. The van der Waals surface area contributed by atoms with Crippen molar-refractivity contribution in [2.24, 2.45) is 0 Å². The van der Waals surface area contributed by atoms with Gasteiger partial charge in [0.25, 0.3) is 11.8 Å². The van der Waals surface area contributed by atoms with E-state index in [1.54, 1.807) is 18.2 Å². The second-order valence-corrected chi connectivity index (χ2v) is 8.42. The maximum absolute atomic E-state index is 12.5. The Morgan fingerprint density at radius 1 is 0.972 bits per heavy atom. The summed E-state index contributed by atoms with van der Waals surface area (Å²) in [6.07, 6.45) is 6.14. The van der Waals surface area contributed by atoms with Crippen LogP contribution in [0.25, 0.3) is 22.1 Å². The van der Waals surface area contributed by atoms with Crippen LogP contribution >= 0.6 is 0 Å². The predicted octanol–water partition coefficient (Wildman–Crippen LogP) is 2.84. The fourth-order valence-electron chi connectivity index (χ4n) is 3.85. The summed E-state index contributed by atoms with van der Waals surface area (Å²) in [6.45, 7) is 2.01. The Kier molecular flexibility index (Phi) is 7.53. The Balaban J connectivity index is 1.28. The lowest BCUT2D eigenvalue weighted by molar-refractivity contribution is -0.697. The van der Waals surface area contributed by atoms with E-state index in [1.807, 2.05) is 29.1 Å². The monoisotopic (exact) mass is 493 g/mol. The number of hydrogen-bond acceptors (Lipinski definition) is 8. The lowest BCUT2D eigenvalue weighted by Crippen LogP contribution is -2.32. The maximum atomic E-state index is 12.5. The number of fused-ring (bicyclic) bond motifs is 1. The lowest BCUT2D eigenvalue weighted by Gasteiger charge is -2.12. The van der Waals surface area contributed by atoms with Crippen LogP contribution < -0.4 is 14.9 Å². The first-order chi connectivity index (χ1) is 17.3. The van der Waals surface area contributed by atoms with Crippen molar-refractivity contribution in [2.45, 2.75) is 52.0 Å². The van der Waals surface area contributed by atoms with Crippen LogP contribution in [0.4, 0.5) is 0 Å². The van der Waals surface area contributed by atoms with Gasteiger partial charge < -0.3 is 14.0 Å². The Bertz CT molecular complexity index is 1360. The first-order valence-electron chi connectivity index (χ1n) is 11.6. The molecule has 186 valence electrons. The fraction of sp³-hybridized carbons (Fsp3) is 0.308. The zero-order chi connectivity index (χ0) is 25.7. The molecule has 0 aliphatic carbocycles. The highest BCUT2D eigenvalue weighted by molar-refractivity contribution is 6.01.